The fraction of sp³-hybridized carbons (Fsp3) is 0.250. The van der Waals surface area contributed by atoms with Gasteiger partial charge < -0.3 is 15.0 Å². The minimum atomic E-state index is -0.159. The molecule has 0 spiro atoms. The van der Waals surface area contributed by atoms with Gasteiger partial charge in [0.1, 0.15) is 11.6 Å². The molecule has 2 aromatic rings. The number of H-pyrrole nitrogens is 1. The molecule has 2 rings (SSSR count). The fourth-order valence-electron chi connectivity index (χ4n) is 1.86. The molecular weight excluding hydrogens is 266 g/mol. The summed E-state index contributed by atoms with van der Waals surface area (Å²) in [5.74, 6) is 1.40. The third kappa shape index (κ3) is 4.49. The Morgan fingerprint density at radius 1 is 1.43 bits per heavy atom. The minimum Gasteiger partial charge on any atom is -0.494 e. The monoisotopic (exact) mass is 285 g/mol. The first-order valence-corrected chi connectivity index (χ1v) is 6.89. The van der Waals surface area contributed by atoms with Gasteiger partial charge in [0.2, 0.25) is 5.91 Å². The molecule has 0 aliphatic carbocycles. The van der Waals surface area contributed by atoms with E-state index in [2.05, 4.69) is 15.3 Å². The smallest absolute Gasteiger partial charge is 0.244 e. The zero-order valence-corrected chi connectivity index (χ0v) is 12.2. The summed E-state index contributed by atoms with van der Waals surface area (Å²) in [5.41, 5.74) is 0.944. The number of imidazole rings is 1. The number of carbonyl (C=O) groups excluding carboxylic acids is 1. The third-order valence-electron chi connectivity index (χ3n) is 2.91. The van der Waals surface area contributed by atoms with Crippen LogP contribution >= 0.6 is 0 Å². The number of carbonyl (C=O) groups is 1. The topological polar surface area (TPSA) is 67.0 Å². The van der Waals surface area contributed by atoms with E-state index in [9.17, 15) is 4.79 Å². The summed E-state index contributed by atoms with van der Waals surface area (Å²) < 4.78 is 5.37. The van der Waals surface area contributed by atoms with Crippen molar-refractivity contribution >= 4 is 12.0 Å². The predicted octanol–water partition coefficient (Wildman–Crippen LogP) is 2.70. The SMILES string of the molecule is CCOc1ccc(/C=C/C(=O)NC(C)c2ncc[nH]2)cc1. The summed E-state index contributed by atoms with van der Waals surface area (Å²) >= 11 is 0. The lowest BCUT2D eigenvalue weighted by atomic mass is 10.2. The molecule has 0 fully saturated rings. The second-order valence-electron chi connectivity index (χ2n) is 4.54. The molecule has 0 aliphatic heterocycles. The number of hydrogen-bond acceptors (Lipinski definition) is 3. The van der Waals surface area contributed by atoms with Crippen LogP contribution in [0.3, 0.4) is 0 Å². The molecule has 1 amide bonds. The maximum atomic E-state index is 11.8. The second-order valence-corrected chi connectivity index (χ2v) is 4.54. The van der Waals surface area contributed by atoms with Crippen LogP contribution in [0.25, 0.3) is 6.08 Å². The first-order chi connectivity index (χ1) is 10.2. The van der Waals surface area contributed by atoms with E-state index in [0.29, 0.717) is 6.61 Å². The molecule has 0 saturated heterocycles. The van der Waals surface area contributed by atoms with Crippen molar-refractivity contribution in [3.8, 4) is 5.75 Å². The number of aromatic amines is 1. The molecule has 5 heteroatoms. The van der Waals surface area contributed by atoms with Crippen molar-refractivity contribution in [1.29, 1.82) is 0 Å². The summed E-state index contributed by atoms with van der Waals surface area (Å²) in [5, 5.41) is 2.84. The van der Waals surface area contributed by atoms with Gasteiger partial charge in [0.05, 0.1) is 12.6 Å². The van der Waals surface area contributed by atoms with Crippen LogP contribution in [0, 0.1) is 0 Å². The number of nitrogens with one attached hydrogen (secondary N) is 2. The molecule has 0 bridgehead atoms. The second kappa shape index (κ2) is 7.28. The first-order valence-electron chi connectivity index (χ1n) is 6.89. The van der Waals surface area contributed by atoms with Crippen LogP contribution in [0.5, 0.6) is 5.75 Å². The maximum Gasteiger partial charge on any atom is 0.244 e. The molecule has 5 nitrogen and oxygen atoms in total. The van der Waals surface area contributed by atoms with Gasteiger partial charge in [-0.3, -0.25) is 4.79 Å². The molecule has 1 atom stereocenters. The number of rotatable bonds is 6. The van der Waals surface area contributed by atoms with E-state index in [-0.39, 0.29) is 11.9 Å². The van der Waals surface area contributed by atoms with Crippen LogP contribution < -0.4 is 10.1 Å². The van der Waals surface area contributed by atoms with Crippen molar-refractivity contribution < 1.29 is 9.53 Å². The number of ether oxygens (including phenoxy) is 1. The molecule has 1 aromatic carbocycles. The van der Waals surface area contributed by atoms with Crippen LogP contribution in [0.4, 0.5) is 0 Å². The quantitative estimate of drug-likeness (QED) is 0.802. The zero-order chi connectivity index (χ0) is 15.1. The Morgan fingerprint density at radius 2 is 2.19 bits per heavy atom. The van der Waals surface area contributed by atoms with Gasteiger partial charge in [0, 0.05) is 18.5 Å². The van der Waals surface area contributed by atoms with Crippen LogP contribution in [0.2, 0.25) is 0 Å². The number of amides is 1. The first kappa shape index (κ1) is 14.8. The molecule has 0 aliphatic rings. The van der Waals surface area contributed by atoms with Crippen molar-refractivity contribution in [1.82, 2.24) is 15.3 Å². The molecular formula is C16H19N3O2. The highest BCUT2D eigenvalue weighted by Crippen LogP contribution is 2.13. The Labute approximate surface area is 124 Å². The van der Waals surface area contributed by atoms with Crippen LogP contribution in [0.15, 0.2) is 42.7 Å². The lowest BCUT2D eigenvalue weighted by molar-refractivity contribution is -0.117. The lowest BCUT2D eigenvalue weighted by Gasteiger charge is -2.09. The summed E-state index contributed by atoms with van der Waals surface area (Å²) in [4.78, 5) is 18.9. The van der Waals surface area contributed by atoms with E-state index < -0.39 is 0 Å². The highest BCUT2D eigenvalue weighted by atomic mass is 16.5. The average Bonchev–Trinajstić information content (AvgIpc) is 3.01. The van der Waals surface area contributed by atoms with Gasteiger partial charge in [-0.15, -0.1) is 0 Å². The molecule has 110 valence electrons. The summed E-state index contributed by atoms with van der Waals surface area (Å²) in [6.07, 6.45) is 6.66. The highest BCUT2D eigenvalue weighted by molar-refractivity contribution is 5.91. The molecule has 0 radical (unpaired) electrons. The third-order valence-corrected chi connectivity index (χ3v) is 2.91. The van der Waals surface area contributed by atoms with E-state index in [1.165, 1.54) is 6.08 Å². The average molecular weight is 285 g/mol. The molecule has 1 heterocycles. The van der Waals surface area contributed by atoms with E-state index in [4.69, 9.17) is 4.74 Å². The molecule has 0 saturated carbocycles. The van der Waals surface area contributed by atoms with Gasteiger partial charge in [-0.1, -0.05) is 12.1 Å². The van der Waals surface area contributed by atoms with Gasteiger partial charge in [-0.05, 0) is 37.6 Å². The summed E-state index contributed by atoms with van der Waals surface area (Å²) in [7, 11) is 0. The zero-order valence-electron chi connectivity index (χ0n) is 12.2. The van der Waals surface area contributed by atoms with Crippen molar-refractivity contribution in [2.75, 3.05) is 6.61 Å². The van der Waals surface area contributed by atoms with Gasteiger partial charge in [-0.25, -0.2) is 4.98 Å². The van der Waals surface area contributed by atoms with Crippen molar-refractivity contribution in [2.24, 2.45) is 0 Å². The van der Waals surface area contributed by atoms with E-state index >= 15 is 0 Å². The van der Waals surface area contributed by atoms with Gasteiger partial charge in [0.25, 0.3) is 0 Å². The minimum absolute atomic E-state index is 0.155. The number of nitrogens with zero attached hydrogens (tertiary/aromatic N) is 1. The van der Waals surface area contributed by atoms with E-state index in [1.54, 1.807) is 18.5 Å². The van der Waals surface area contributed by atoms with E-state index in [0.717, 1.165) is 17.1 Å². The Bertz CT molecular complexity index is 588. The lowest BCUT2D eigenvalue weighted by Crippen LogP contribution is -2.25. The molecule has 1 unspecified atom stereocenters. The van der Waals surface area contributed by atoms with Crippen LogP contribution in [-0.2, 0) is 4.79 Å². The van der Waals surface area contributed by atoms with Crippen molar-refractivity contribution in [2.45, 2.75) is 19.9 Å². The van der Waals surface area contributed by atoms with Crippen molar-refractivity contribution in [3.05, 3.63) is 54.1 Å². The number of benzene rings is 1. The Kier molecular flexibility index (Phi) is 5.15. The van der Waals surface area contributed by atoms with Crippen LogP contribution in [-0.4, -0.2) is 22.5 Å². The predicted molar refractivity (Wildman–Crippen MR) is 81.8 cm³/mol. The highest BCUT2D eigenvalue weighted by Gasteiger charge is 2.08. The van der Waals surface area contributed by atoms with E-state index in [1.807, 2.05) is 38.1 Å². The number of aromatic nitrogens is 2. The molecule has 1 aromatic heterocycles. The van der Waals surface area contributed by atoms with Gasteiger partial charge >= 0.3 is 0 Å². The Hall–Kier alpha value is -2.56. The number of hydrogen-bond donors (Lipinski definition) is 2. The van der Waals surface area contributed by atoms with Crippen molar-refractivity contribution in [3.63, 3.8) is 0 Å². The molecule has 2 N–H and O–H groups in total. The Morgan fingerprint density at radius 3 is 2.81 bits per heavy atom. The summed E-state index contributed by atoms with van der Waals surface area (Å²) in [6, 6.07) is 7.42. The normalized spacial score (nSPS) is 12.3. The largest absolute Gasteiger partial charge is 0.494 e. The maximum absolute atomic E-state index is 11.8. The van der Waals surface area contributed by atoms with Crippen LogP contribution in [0.1, 0.15) is 31.3 Å². The summed E-state index contributed by atoms with van der Waals surface area (Å²) in [6.45, 7) is 4.46. The molecule has 21 heavy (non-hydrogen) atoms. The fourth-order valence-corrected chi connectivity index (χ4v) is 1.86. The van der Waals surface area contributed by atoms with Gasteiger partial charge in [-0.2, -0.15) is 0 Å². The van der Waals surface area contributed by atoms with Gasteiger partial charge in [0.15, 0.2) is 0 Å². The Balaban J connectivity index is 1.89. The standard InChI is InChI=1S/C16H19N3O2/c1-3-21-14-7-4-13(5-8-14)6-9-15(20)19-12(2)16-17-10-11-18-16/h4-12H,3H2,1-2H3,(H,17,18)(H,19,20)/b9-6+.